The van der Waals surface area contributed by atoms with Crippen LogP contribution >= 0.6 is 0 Å². The van der Waals surface area contributed by atoms with E-state index < -0.39 is 107 Å². The third kappa shape index (κ3) is 5.47. The van der Waals surface area contributed by atoms with Gasteiger partial charge >= 0.3 is 29.8 Å². The van der Waals surface area contributed by atoms with Crippen LogP contribution in [0.15, 0.2) is 46.0 Å². The normalized spacial score (nSPS) is 34.9. The smallest absolute Gasteiger partial charge is 0.341 e. The first-order chi connectivity index (χ1) is 22.4. The Morgan fingerprint density at radius 1 is 0.875 bits per heavy atom. The van der Waals surface area contributed by atoms with Crippen molar-refractivity contribution >= 4 is 29.8 Å². The van der Waals surface area contributed by atoms with E-state index in [0.717, 1.165) is 26.4 Å². The summed E-state index contributed by atoms with van der Waals surface area (Å²) in [6, 6.07) is 2.64. The summed E-state index contributed by atoms with van der Waals surface area (Å²) in [5.41, 5.74) is -8.30. The maximum Gasteiger partial charge on any atom is 0.341 e. The van der Waals surface area contributed by atoms with Crippen LogP contribution in [0.3, 0.4) is 0 Å². The first-order valence-corrected chi connectivity index (χ1v) is 15.5. The number of fused-ring (bicyclic) bond motifs is 1. The molecule has 9 atom stereocenters. The highest BCUT2D eigenvalue weighted by Gasteiger charge is 2.88. The largest absolute Gasteiger partial charge is 0.472 e. The van der Waals surface area contributed by atoms with Crippen molar-refractivity contribution in [1.29, 1.82) is 0 Å². The first kappa shape index (κ1) is 35.1. The third-order valence-electron chi connectivity index (χ3n) is 9.60. The van der Waals surface area contributed by atoms with Crippen LogP contribution < -0.4 is 0 Å². The molecule has 2 aromatic rings. The minimum absolute atomic E-state index is 0.0248. The van der Waals surface area contributed by atoms with Crippen LogP contribution in [0, 0.1) is 17.3 Å². The van der Waals surface area contributed by atoms with Crippen LogP contribution in [0.4, 0.5) is 0 Å². The summed E-state index contributed by atoms with van der Waals surface area (Å²) in [5, 5.41) is 24.9. The molecule has 15 nitrogen and oxygen atoms in total. The number of carbonyl (C=O) groups is 5. The molecule has 5 rings (SSSR count). The van der Waals surface area contributed by atoms with E-state index in [1.165, 1.54) is 31.6 Å². The van der Waals surface area contributed by atoms with E-state index in [1.807, 2.05) is 0 Å². The van der Waals surface area contributed by atoms with Crippen LogP contribution in [-0.4, -0.2) is 94.0 Å². The quantitative estimate of drug-likeness (QED) is 0.289. The van der Waals surface area contributed by atoms with Gasteiger partial charge in [0.15, 0.2) is 12.2 Å². The summed E-state index contributed by atoms with van der Waals surface area (Å²) in [5.74, 6) is -6.33. The van der Waals surface area contributed by atoms with Crippen molar-refractivity contribution < 1.29 is 71.4 Å². The second-order valence-corrected chi connectivity index (χ2v) is 13.6. The van der Waals surface area contributed by atoms with Crippen LogP contribution in [0.1, 0.15) is 75.6 Å². The summed E-state index contributed by atoms with van der Waals surface area (Å²) in [6.07, 6.45) is -4.12. The molecule has 3 fully saturated rings. The van der Waals surface area contributed by atoms with E-state index in [1.54, 1.807) is 27.7 Å². The molecule has 1 saturated heterocycles. The lowest BCUT2D eigenvalue weighted by molar-refractivity contribution is -0.362. The zero-order valence-electron chi connectivity index (χ0n) is 27.6. The Kier molecular flexibility index (Phi) is 9.03. The lowest BCUT2D eigenvalue weighted by Crippen LogP contribution is -2.85. The number of hydrogen-bond donors (Lipinski definition) is 2. The van der Waals surface area contributed by atoms with Crippen molar-refractivity contribution in [3.05, 3.63) is 48.3 Å². The van der Waals surface area contributed by atoms with Gasteiger partial charge in [-0.25, -0.2) is 9.59 Å². The molecule has 0 unspecified atom stereocenters. The van der Waals surface area contributed by atoms with E-state index in [4.69, 9.17) is 37.3 Å². The highest BCUT2D eigenvalue weighted by molar-refractivity contribution is 5.90. The molecule has 1 spiro atoms. The Labute approximate surface area is 275 Å². The number of carbonyl (C=O) groups excluding carboxylic acids is 5. The maximum atomic E-state index is 13.8. The monoisotopic (exact) mass is 676 g/mol. The molecule has 262 valence electrons. The second-order valence-electron chi connectivity index (χ2n) is 13.6. The average molecular weight is 677 g/mol. The fourth-order valence-corrected chi connectivity index (χ4v) is 7.85. The highest BCUT2D eigenvalue weighted by atomic mass is 16.6. The van der Waals surface area contributed by atoms with Gasteiger partial charge in [-0.3, -0.25) is 14.4 Å². The molecule has 2 saturated carbocycles. The molecule has 2 aromatic heterocycles. The predicted octanol–water partition coefficient (Wildman–Crippen LogP) is 2.37. The zero-order chi connectivity index (χ0) is 35.4. The number of ether oxygens (including phenoxy) is 6. The van der Waals surface area contributed by atoms with Crippen LogP contribution in [0.5, 0.6) is 0 Å². The third-order valence-corrected chi connectivity index (χ3v) is 9.60. The molecular formula is C33H40O15. The van der Waals surface area contributed by atoms with Crippen molar-refractivity contribution in [2.75, 3.05) is 6.61 Å². The highest BCUT2D eigenvalue weighted by Crippen LogP contribution is 2.69. The van der Waals surface area contributed by atoms with Crippen molar-refractivity contribution in [1.82, 2.24) is 0 Å². The molecule has 15 heteroatoms. The van der Waals surface area contributed by atoms with Gasteiger partial charge in [-0.2, -0.15) is 0 Å². The van der Waals surface area contributed by atoms with Gasteiger partial charge in [0.2, 0.25) is 0 Å². The molecule has 3 heterocycles. The summed E-state index contributed by atoms with van der Waals surface area (Å²) in [7, 11) is 0. The molecule has 48 heavy (non-hydrogen) atoms. The van der Waals surface area contributed by atoms with Crippen molar-refractivity contribution in [2.45, 2.75) is 102 Å². The maximum absolute atomic E-state index is 13.8. The molecule has 2 bridgehead atoms. The van der Waals surface area contributed by atoms with E-state index in [9.17, 15) is 34.2 Å². The number of furan rings is 2. The second kappa shape index (κ2) is 12.3. The van der Waals surface area contributed by atoms with E-state index in [-0.39, 0.29) is 11.1 Å². The number of aliphatic hydroxyl groups excluding tert-OH is 1. The van der Waals surface area contributed by atoms with Gasteiger partial charge in [-0.1, -0.05) is 13.8 Å². The topological polar surface area (TPSA) is 207 Å². The van der Waals surface area contributed by atoms with E-state index in [0.29, 0.717) is 0 Å². The molecule has 0 radical (unpaired) electrons. The lowest BCUT2D eigenvalue weighted by Gasteiger charge is -2.66. The average Bonchev–Trinajstić information content (AvgIpc) is 3.74. The number of aliphatic hydroxyl groups is 2. The van der Waals surface area contributed by atoms with Crippen molar-refractivity contribution in [3.63, 3.8) is 0 Å². The summed E-state index contributed by atoms with van der Waals surface area (Å²) in [4.78, 5) is 65.9. The van der Waals surface area contributed by atoms with Gasteiger partial charge in [0, 0.05) is 20.3 Å². The van der Waals surface area contributed by atoms with Gasteiger partial charge in [-0.15, -0.1) is 0 Å². The zero-order valence-corrected chi connectivity index (χ0v) is 27.6. The standard InChI is InChI=1S/C33H40O15/c1-16(2)27(37)43-15-32-25(45-18(4)35)21(44-17(3)34)12-31(7,40)33(32)24(36)22(30(5,6)48-33)23(46-28(38)19-8-10-41-13-19)26(32)47-29(39)20-9-11-42-14-20/h8-11,13-14,16,21-26,36,40H,12,15H2,1-7H3/t21-,22+,23+,24+,25-,26-,31-,32-,33-/m0/s1. The van der Waals surface area contributed by atoms with Gasteiger partial charge in [-0.05, 0) is 32.9 Å². The molecule has 0 aromatic carbocycles. The number of esters is 5. The Bertz CT molecular complexity index is 1540. The molecule has 2 N–H and O–H groups in total. The molecule has 3 aliphatic rings. The van der Waals surface area contributed by atoms with Gasteiger partial charge in [0.1, 0.15) is 42.4 Å². The van der Waals surface area contributed by atoms with Gasteiger partial charge in [0.05, 0.1) is 52.8 Å². The molecular weight excluding hydrogens is 636 g/mol. The van der Waals surface area contributed by atoms with E-state index >= 15 is 0 Å². The van der Waals surface area contributed by atoms with Crippen molar-refractivity contribution in [2.24, 2.45) is 17.3 Å². The summed E-state index contributed by atoms with van der Waals surface area (Å²) >= 11 is 0. The Morgan fingerprint density at radius 2 is 1.44 bits per heavy atom. The van der Waals surface area contributed by atoms with Crippen LogP contribution in [-0.2, 0) is 42.8 Å². The Morgan fingerprint density at radius 3 is 1.94 bits per heavy atom. The minimum atomic E-state index is -2.31. The first-order valence-electron chi connectivity index (χ1n) is 15.5. The summed E-state index contributed by atoms with van der Waals surface area (Å²) in [6.45, 7) is 8.93. The fraction of sp³-hybridized carbons (Fsp3) is 0.606. The lowest BCUT2D eigenvalue weighted by atomic mass is 9.45. The summed E-state index contributed by atoms with van der Waals surface area (Å²) < 4.78 is 46.4. The van der Waals surface area contributed by atoms with E-state index in [2.05, 4.69) is 0 Å². The van der Waals surface area contributed by atoms with Crippen molar-refractivity contribution in [3.8, 4) is 0 Å². The predicted molar refractivity (Wildman–Crippen MR) is 158 cm³/mol. The number of rotatable bonds is 9. The van der Waals surface area contributed by atoms with Crippen LogP contribution in [0.2, 0.25) is 0 Å². The minimum Gasteiger partial charge on any atom is -0.472 e. The molecule has 1 aliphatic heterocycles. The number of hydrogen-bond acceptors (Lipinski definition) is 15. The Hall–Kier alpha value is -4.21. The van der Waals surface area contributed by atoms with Crippen LogP contribution in [0.25, 0.3) is 0 Å². The fourth-order valence-electron chi connectivity index (χ4n) is 7.85. The Balaban J connectivity index is 1.85. The van der Waals surface area contributed by atoms with Gasteiger partial charge in [0.25, 0.3) is 0 Å². The SMILES string of the molecule is CC(=O)O[C@H]1C[C@](C)(O)[C@]23OC(C)(C)[C@H]([C@@H](OC(=O)c4ccoc4)[C@H](OC(=O)c4ccoc4)[C@]2(COC(=O)C(C)C)[C@H]1OC(C)=O)[C@H]3O. The van der Waals surface area contributed by atoms with Gasteiger partial charge < -0.3 is 47.5 Å². The molecule has 0 amide bonds. The molecule has 2 aliphatic carbocycles.